The van der Waals surface area contributed by atoms with Gasteiger partial charge in [-0.15, -0.1) is 22.7 Å². The molecule has 1 aliphatic rings. The molecule has 0 aromatic carbocycles. The van der Waals surface area contributed by atoms with Gasteiger partial charge in [-0.3, -0.25) is 10.1 Å². The Morgan fingerprint density at radius 3 is 2.90 bits per heavy atom. The van der Waals surface area contributed by atoms with E-state index in [1.54, 1.807) is 17.4 Å². The summed E-state index contributed by atoms with van der Waals surface area (Å²) in [5, 5.41) is 8.32. The molecule has 29 heavy (non-hydrogen) atoms. The van der Waals surface area contributed by atoms with Crippen molar-refractivity contribution < 1.29 is 9.53 Å². The van der Waals surface area contributed by atoms with Crippen molar-refractivity contribution in [3.63, 3.8) is 0 Å². The van der Waals surface area contributed by atoms with Gasteiger partial charge in [0.05, 0.1) is 22.5 Å². The maximum absolute atomic E-state index is 12.2. The van der Waals surface area contributed by atoms with Gasteiger partial charge < -0.3 is 9.30 Å². The van der Waals surface area contributed by atoms with E-state index in [0.717, 1.165) is 48.0 Å². The fourth-order valence-electron chi connectivity index (χ4n) is 3.55. The molecule has 1 aliphatic heterocycles. The number of anilines is 1. The predicted octanol–water partition coefficient (Wildman–Crippen LogP) is 4.82. The average molecular weight is 429 g/mol. The van der Waals surface area contributed by atoms with E-state index in [0.29, 0.717) is 11.2 Å². The van der Waals surface area contributed by atoms with Crippen LogP contribution in [-0.4, -0.2) is 33.2 Å². The van der Waals surface area contributed by atoms with E-state index < -0.39 is 0 Å². The molecule has 0 bridgehead atoms. The Hall–Kier alpha value is -2.29. The zero-order valence-corrected chi connectivity index (χ0v) is 18.4. The molecular weight excluding hydrogens is 404 g/mol. The van der Waals surface area contributed by atoms with Gasteiger partial charge in [-0.25, -0.2) is 9.97 Å². The number of hydrogen-bond acceptors (Lipinski definition) is 6. The van der Waals surface area contributed by atoms with Crippen molar-refractivity contribution in [2.45, 2.75) is 46.3 Å². The highest BCUT2D eigenvalue weighted by Gasteiger charge is 2.20. The quantitative estimate of drug-likeness (QED) is 0.571. The summed E-state index contributed by atoms with van der Waals surface area (Å²) < 4.78 is 8.10. The Kier molecular flexibility index (Phi) is 5.94. The highest BCUT2D eigenvalue weighted by molar-refractivity contribution is 7.14. The molecule has 1 amide bonds. The maximum Gasteiger partial charge on any atom is 0.250 e. The molecule has 3 aromatic rings. The highest BCUT2D eigenvalue weighted by Crippen LogP contribution is 2.30. The van der Waals surface area contributed by atoms with Crippen molar-refractivity contribution in [2.24, 2.45) is 0 Å². The topological polar surface area (TPSA) is 69.0 Å². The van der Waals surface area contributed by atoms with Crippen LogP contribution in [0.2, 0.25) is 0 Å². The number of rotatable bonds is 6. The van der Waals surface area contributed by atoms with Crippen molar-refractivity contribution >= 4 is 39.8 Å². The predicted molar refractivity (Wildman–Crippen MR) is 119 cm³/mol. The van der Waals surface area contributed by atoms with Crippen molar-refractivity contribution in [2.75, 3.05) is 11.9 Å². The van der Waals surface area contributed by atoms with Crippen molar-refractivity contribution in [3.05, 3.63) is 45.0 Å². The molecule has 4 heterocycles. The number of ether oxygens (including phenoxy) is 1. The van der Waals surface area contributed by atoms with Gasteiger partial charge in [-0.2, -0.15) is 0 Å². The lowest BCUT2D eigenvalue weighted by Gasteiger charge is -2.14. The van der Waals surface area contributed by atoms with Gasteiger partial charge in [0.1, 0.15) is 0 Å². The minimum atomic E-state index is -0.208. The van der Waals surface area contributed by atoms with E-state index in [1.807, 2.05) is 17.7 Å². The summed E-state index contributed by atoms with van der Waals surface area (Å²) in [6, 6.07) is 2.16. The minimum Gasteiger partial charge on any atom is -0.376 e. The summed E-state index contributed by atoms with van der Waals surface area (Å²) in [7, 11) is 0. The summed E-state index contributed by atoms with van der Waals surface area (Å²) in [5.74, 6) is -0.208. The second-order valence-electron chi connectivity index (χ2n) is 7.18. The Labute approximate surface area is 178 Å². The number of hydrogen-bond donors (Lipinski definition) is 1. The average Bonchev–Trinajstić information content (AvgIpc) is 3.47. The number of carbonyl (C=O) groups excluding carboxylic acids is 1. The normalized spacial score (nSPS) is 16.7. The van der Waals surface area contributed by atoms with Crippen LogP contribution in [0.25, 0.3) is 17.3 Å². The van der Waals surface area contributed by atoms with E-state index >= 15 is 0 Å². The van der Waals surface area contributed by atoms with Gasteiger partial charge in [-0.05, 0) is 45.8 Å². The molecule has 3 aromatic heterocycles. The largest absolute Gasteiger partial charge is 0.376 e. The molecule has 152 valence electrons. The van der Waals surface area contributed by atoms with E-state index in [9.17, 15) is 4.79 Å². The number of thiazole rings is 2. The van der Waals surface area contributed by atoms with Crippen LogP contribution < -0.4 is 5.32 Å². The zero-order valence-electron chi connectivity index (χ0n) is 16.8. The van der Waals surface area contributed by atoms with Crippen LogP contribution in [0.4, 0.5) is 5.13 Å². The Bertz CT molecular complexity index is 1040. The van der Waals surface area contributed by atoms with E-state index in [1.165, 1.54) is 28.8 Å². The van der Waals surface area contributed by atoms with Crippen molar-refractivity contribution in [1.82, 2.24) is 14.5 Å². The number of nitrogens with one attached hydrogen (secondary N) is 1. The highest BCUT2D eigenvalue weighted by atomic mass is 32.1. The molecular formula is C21H24N4O2S2. The van der Waals surface area contributed by atoms with E-state index in [4.69, 9.17) is 4.74 Å². The molecule has 1 unspecified atom stereocenters. The lowest BCUT2D eigenvalue weighted by Crippen LogP contribution is -2.16. The Morgan fingerprint density at radius 1 is 1.31 bits per heavy atom. The van der Waals surface area contributed by atoms with Crippen molar-refractivity contribution in [3.8, 4) is 11.3 Å². The van der Waals surface area contributed by atoms with Gasteiger partial charge in [0.15, 0.2) is 5.13 Å². The van der Waals surface area contributed by atoms with Crippen LogP contribution in [0.3, 0.4) is 0 Å². The van der Waals surface area contributed by atoms with E-state index in [-0.39, 0.29) is 5.91 Å². The van der Waals surface area contributed by atoms with Gasteiger partial charge in [0.2, 0.25) is 5.91 Å². The molecule has 0 aliphatic carbocycles. The second-order valence-corrected chi connectivity index (χ2v) is 9.10. The monoisotopic (exact) mass is 428 g/mol. The Balaban J connectivity index is 1.44. The third-order valence-electron chi connectivity index (χ3n) is 5.04. The first kappa shape index (κ1) is 20.0. The van der Waals surface area contributed by atoms with Crippen LogP contribution in [0.5, 0.6) is 0 Å². The Morgan fingerprint density at radius 2 is 2.17 bits per heavy atom. The fraction of sp³-hybridized carbons (Fsp3) is 0.381. The zero-order chi connectivity index (χ0) is 20.4. The standard InChI is InChI=1S/C21H24N4O2S2/c1-13-9-18(14(2)25(13)10-17-5-4-8-27-17)19-12-29-21(23-19)24-20(26)7-6-16-11-28-15(3)22-16/h6-7,9,11-12,17H,4-5,8,10H2,1-3H3,(H,23,24,26)/b7-6+. The summed E-state index contributed by atoms with van der Waals surface area (Å²) >= 11 is 2.99. The minimum absolute atomic E-state index is 0.208. The molecule has 0 saturated carbocycles. The first-order chi connectivity index (χ1) is 14.0. The lowest BCUT2D eigenvalue weighted by atomic mass is 10.2. The summed E-state index contributed by atoms with van der Waals surface area (Å²) in [4.78, 5) is 21.1. The number of amides is 1. The van der Waals surface area contributed by atoms with E-state index in [2.05, 4.69) is 39.8 Å². The SMILES string of the molecule is Cc1nc(/C=C/C(=O)Nc2nc(-c3cc(C)n(CC4CCCO4)c3C)cs2)cs1. The summed E-state index contributed by atoms with van der Waals surface area (Å²) in [6.45, 7) is 7.92. The fourth-order valence-corrected chi connectivity index (χ4v) is 4.85. The summed E-state index contributed by atoms with van der Waals surface area (Å²) in [6.07, 6.45) is 5.76. The number of aromatic nitrogens is 3. The molecule has 0 radical (unpaired) electrons. The van der Waals surface area contributed by atoms with Gasteiger partial charge in [0, 0.05) is 46.9 Å². The second kappa shape index (κ2) is 8.61. The van der Waals surface area contributed by atoms with Gasteiger partial charge >= 0.3 is 0 Å². The van der Waals surface area contributed by atoms with Crippen LogP contribution in [0, 0.1) is 20.8 Å². The molecule has 1 saturated heterocycles. The number of nitrogens with zero attached hydrogens (tertiary/aromatic N) is 3. The first-order valence-electron chi connectivity index (χ1n) is 9.65. The van der Waals surface area contributed by atoms with Crippen LogP contribution >= 0.6 is 22.7 Å². The molecule has 1 atom stereocenters. The first-order valence-corrected chi connectivity index (χ1v) is 11.4. The molecule has 1 fully saturated rings. The van der Waals surface area contributed by atoms with Gasteiger partial charge in [-0.1, -0.05) is 0 Å². The van der Waals surface area contributed by atoms with Crippen LogP contribution in [0.15, 0.2) is 22.9 Å². The van der Waals surface area contributed by atoms with Crippen molar-refractivity contribution in [1.29, 1.82) is 0 Å². The smallest absolute Gasteiger partial charge is 0.250 e. The summed E-state index contributed by atoms with van der Waals surface area (Å²) in [5.41, 5.74) is 5.16. The molecule has 8 heteroatoms. The third-order valence-corrected chi connectivity index (χ3v) is 6.59. The maximum atomic E-state index is 12.2. The number of aryl methyl sites for hydroxylation is 2. The lowest BCUT2D eigenvalue weighted by molar-refractivity contribution is -0.111. The number of carbonyl (C=O) groups is 1. The molecule has 0 spiro atoms. The molecule has 6 nitrogen and oxygen atoms in total. The van der Waals surface area contributed by atoms with Crippen LogP contribution in [-0.2, 0) is 16.1 Å². The van der Waals surface area contributed by atoms with Gasteiger partial charge in [0.25, 0.3) is 0 Å². The molecule has 1 N–H and O–H groups in total. The van der Waals surface area contributed by atoms with Crippen LogP contribution in [0.1, 0.15) is 34.9 Å². The molecule has 4 rings (SSSR count). The third kappa shape index (κ3) is 4.66.